The zero-order valence-corrected chi connectivity index (χ0v) is 10.9. The van der Waals surface area contributed by atoms with Crippen molar-refractivity contribution in [3.8, 4) is 0 Å². The number of rotatable bonds is 2. The highest BCUT2D eigenvalue weighted by molar-refractivity contribution is 5.68. The fraction of sp³-hybridized carbons (Fsp3) is 0.692. The summed E-state index contributed by atoms with van der Waals surface area (Å²) >= 11 is 0. The highest BCUT2D eigenvalue weighted by Crippen LogP contribution is 2.17. The third-order valence-electron chi connectivity index (χ3n) is 2.44. The molecule has 1 rings (SSSR count). The number of piperidine rings is 1. The van der Waals surface area contributed by atoms with E-state index in [1.54, 1.807) is 4.90 Å². The Bertz CT molecular complexity index is 305. The van der Waals surface area contributed by atoms with Crippen LogP contribution in [0.5, 0.6) is 0 Å². The highest BCUT2D eigenvalue weighted by atomic mass is 16.6. The van der Waals surface area contributed by atoms with Gasteiger partial charge in [0.1, 0.15) is 18.0 Å². The van der Waals surface area contributed by atoms with Gasteiger partial charge in [0.2, 0.25) is 0 Å². The lowest BCUT2D eigenvalue weighted by molar-refractivity contribution is 0.00782. The molecule has 4 nitrogen and oxygen atoms in total. The van der Waals surface area contributed by atoms with Gasteiger partial charge >= 0.3 is 6.09 Å². The van der Waals surface area contributed by atoms with Crippen molar-refractivity contribution in [3.63, 3.8) is 0 Å². The summed E-state index contributed by atoms with van der Waals surface area (Å²) in [5.74, 6) is 0. The first-order chi connectivity index (χ1) is 7.92. The van der Waals surface area contributed by atoms with Gasteiger partial charge in [0.15, 0.2) is 0 Å². The molecule has 4 heteroatoms. The molecule has 1 heterocycles. The molecular formula is C13H21NO3. The summed E-state index contributed by atoms with van der Waals surface area (Å²) in [6.07, 6.45) is 3.03. The van der Waals surface area contributed by atoms with Crippen LogP contribution in [0.1, 0.15) is 33.6 Å². The maximum absolute atomic E-state index is 11.8. The molecule has 0 aromatic rings. The van der Waals surface area contributed by atoms with E-state index in [4.69, 9.17) is 9.47 Å². The van der Waals surface area contributed by atoms with Crippen molar-refractivity contribution in [2.24, 2.45) is 0 Å². The molecule has 0 aromatic heterocycles. The van der Waals surface area contributed by atoms with Crippen molar-refractivity contribution >= 4 is 6.09 Å². The summed E-state index contributed by atoms with van der Waals surface area (Å²) in [5.41, 5.74) is 2.14. The fourth-order valence-corrected chi connectivity index (χ4v) is 1.65. The molecule has 1 aliphatic heterocycles. The largest absolute Gasteiger partial charge is 0.490 e. The van der Waals surface area contributed by atoms with E-state index in [1.807, 2.05) is 20.8 Å². The van der Waals surface area contributed by atoms with Crippen LogP contribution in [0.15, 0.2) is 18.6 Å². The number of nitrogens with zero attached hydrogens (tertiary/aromatic N) is 1. The predicted molar refractivity (Wildman–Crippen MR) is 65.6 cm³/mol. The van der Waals surface area contributed by atoms with Crippen molar-refractivity contribution in [2.75, 3.05) is 13.1 Å². The molecule has 0 bridgehead atoms. The van der Waals surface area contributed by atoms with E-state index in [1.165, 1.54) is 6.26 Å². The van der Waals surface area contributed by atoms with Gasteiger partial charge in [0.05, 0.1) is 0 Å². The number of likely N-dealkylation sites (tertiary alicyclic amines) is 1. The maximum atomic E-state index is 11.8. The molecule has 0 aromatic carbocycles. The van der Waals surface area contributed by atoms with Crippen LogP contribution < -0.4 is 0 Å². The third kappa shape index (κ3) is 4.96. The Labute approximate surface area is 103 Å². The quantitative estimate of drug-likeness (QED) is 0.549. The smallest absolute Gasteiger partial charge is 0.410 e. The van der Waals surface area contributed by atoms with Crippen LogP contribution in [0.4, 0.5) is 4.79 Å². The number of carbonyl (C=O) groups excluding carboxylic acids is 1. The molecule has 0 unspecified atom stereocenters. The van der Waals surface area contributed by atoms with Crippen LogP contribution in [0.3, 0.4) is 0 Å². The van der Waals surface area contributed by atoms with Gasteiger partial charge < -0.3 is 14.4 Å². The van der Waals surface area contributed by atoms with Crippen molar-refractivity contribution in [3.05, 3.63) is 18.6 Å². The molecule has 17 heavy (non-hydrogen) atoms. The molecule has 0 spiro atoms. The number of amides is 1. The average molecular weight is 239 g/mol. The average Bonchev–Trinajstić information content (AvgIpc) is 2.24. The molecule has 0 radical (unpaired) electrons. The first-order valence-corrected chi connectivity index (χ1v) is 5.90. The molecule has 1 amide bonds. The second kappa shape index (κ2) is 5.78. The van der Waals surface area contributed by atoms with Gasteiger partial charge in [-0.15, -0.1) is 0 Å². The molecule has 0 saturated carbocycles. The molecule has 1 saturated heterocycles. The lowest BCUT2D eigenvalue weighted by Gasteiger charge is -2.32. The lowest BCUT2D eigenvalue weighted by Crippen LogP contribution is -2.43. The molecule has 1 aliphatic rings. The lowest BCUT2D eigenvalue weighted by atomic mass is 10.1. The number of carbonyl (C=O) groups is 1. The minimum atomic E-state index is -0.435. The van der Waals surface area contributed by atoms with Crippen molar-refractivity contribution in [1.82, 2.24) is 4.90 Å². The van der Waals surface area contributed by atoms with E-state index in [2.05, 4.69) is 12.3 Å². The standard InChI is InChI=1S/C13H21NO3/c1-5-10-16-11-6-8-14(9-7-11)12(15)17-13(2,3)4/h10-11H,1,6-9H2,2-4H3. The zero-order valence-electron chi connectivity index (χ0n) is 10.9. The summed E-state index contributed by atoms with van der Waals surface area (Å²) in [7, 11) is 0. The summed E-state index contributed by atoms with van der Waals surface area (Å²) in [5, 5.41) is 0. The second-order valence-electron chi connectivity index (χ2n) is 5.12. The van der Waals surface area contributed by atoms with Crippen molar-refractivity contribution < 1.29 is 14.3 Å². The maximum Gasteiger partial charge on any atom is 0.410 e. The van der Waals surface area contributed by atoms with E-state index in [9.17, 15) is 4.79 Å². The first kappa shape index (κ1) is 13.7. The summed E-state index contributed by atoms with van der Waals surface area (Å²) in [6, 6.07) is 0. The van der Waals surface area contributed by atoms with E-state index < -0.39 is 5.60 Å². The molecule has 0 atom stereocenters. The molecule has 0 aliphatic carbocycles. The number of ether oxygens (including phenoxy) is 2. The number of hydrogen-bond donors (Lipinski definition) is 0. The van der Waals surface area contributed by atoms with Crippen molar-refractivity contribution in [2.45, 2.75) is 45.3 Å². The van der Waals surface area contributed by atoms with Gasteiger partial charge in [-0.3, -0.25) is 0 Å². The van der Waals surface area contributed by atoms with Crippen LogP contribution in [0.2, 0.25) is 0 Å². The van der Waals surface area contributed by atoms with Gasteiger partial charge in [0.25, 0.3) is 0 Å². The Morgan fingerprint density at radius 2 is 2.00 bits per heavy atom. The van der Waals surface area contributed by atoms with Gasteiger partial charge in [-0.05, 0) is 20.8 Å². The minimum absolute atomic E-state index is 0.155. The van der Waals surface area contributed by atoms with E-state index in [-0.39, 0.29) is 12.2 Å². The fourth-order valence-electron chi connectivity index (χ4n) is 1.65. The van der Waals surface area contributed by atoms with Crippen LogP contribution in [0, 0.1) is 0 Å². The monoisotopic (exact) mass is 239 g/mol. The highest BCUT2D eigenvalue weighted by Gasteiger charge is 2.26. The van der Waals surface area contributed by atoms with Gasteiger partial charge in [-0.2, -0.15) is 0 Å². The Balaban J connectivity index is 2.36. The third-order valence-corrected chi connectivity index (χ3v) is 2.44. The van der Waals surface area contributed by atoms with Crippen molar-refractivity contribution in [1.29, 1.82) is 0 Å². The minimum Gasteiger partial charge on any atom is -0.490 e. The Morgan fingerprint density at radius 1 is 1.41 bits per heavy atom. The Hall–Kier alpha value is -1.41. The summed E-state index contributed by atoms with van der Waals surface area (Å²) in [6.45, 7) is 10.4. The van der Waals surface area contributed by atoms with Gasteiger partial charge in [0, 0.05) is 25.9 Å². The van der Waals surface area contributed by atoms with E-state index >= 15 is 0 Å². The van der Waals surface area contributed by atoms with E-state index in [0.717, 1.165) is 12.8 Å². The SMILES string of the molecule is C=C=COC1CCN(C(=O)OC(C)(C)C)CC1. The van der Waals surface area contributed by atoms with Crippen LogP contribution >= 0.6 is 0 Å². The topological polar surface area (TPSA) is 38.8 Å². The Kier molecular flexibility index (Phi) is 4.64. The number of hydrogen-bond acceptors (Lipinski definition) is 3. The molecule has 96 valence electrons. The van der Waals surface area contributed by atoms with Crippen LogP contribution in [-0.2, 0) is 9.47 Å². The molecule has 1 fully saturated rings. The predicted octanol–water partition coefficient (Wildman–Crippen LogP) is 2.70. The normalized spacial score (nSPS) is 17.2. The second-order valence-corrected chi connectivity index (χ2v) is 5.12. The molecule has 0 N–H and O–H groups in total. The van der Waals surface area contributed by atoms with Crippen LogP contribution in [-0.4, -0.2) is 35.8 Å². The summed E-state index contributed by atoms with van der Waals surface area (Å²) in [4.78, 5) is 13.5. The van der Waals surface area contributed by atoms with Crippen LogP contribution in [0.25, 0.3) is 0 Å². The first-order valence-electron chi connectivity index (χ1n) is 5.90. The van der Waals surface area contributed by atoms with Gasteiger partial charge in [-0.25, -0.2) is 4.79 Å². The zero-order chi connectivity index (χ0) is 12.9. The molecular weight excluding hydrogens is 218 g/mol. The van der Waals surface area contributed by atoms with E-state index in [0.29, 0.717) is 13.1 Å². The van der Waals surface area contributed by atoms with Gasteiger partial charge in [-0.1, -0.05) is 12.3 Å². The summed E-state index contributed by atoms with van der Waals surface area (Å²) < 4.78 is 10.7. The Morgan fingerprint density at radius 3 is 2.47 bits per heavy atom.